The van der Waals surface area contributed by atoms with Crippen LogP contribution >= 0.6 is 22.6 Å². The van der Waals surface area contributed by atoms with Crippen LogP contribution in [0.25, 0.3) is 0 Å². The second-order valence-electron chi connectivity index (χ2n) is 0.399. The van der Waals surface area contributed by atoms with Crippen LogP contribution in [-0.4, -0.2) is 0 Å². The molecule has 0 radical (unpaired) electrons. The molecule has 0 saturated heterocycles. The van der Waals surface area contributed by atoms with Crippen LogP contribution in [0.1, 0.15) is 0 Å². The molecule has 0 unspecified atom stereocenters. The first-order valence-electron chi connectivity index (χ1n) is 0.885. The van der Waals surface area contributed by atoms with Gasteiger partial charge in [-0.2, -0.15) is 4.39 Å². The molecule has 0 aromatic carbocycles. The highest BCUT2D eigenvalue weighted by Gasteiger charge is 1.74. The summed E-state index contributed by atoms with van der Waals surface area (Å²) in [4.78, 5) is 0. The third kappa shape index (κ3) is 4.33. The molecule has 0 heterocycles. The van der Waals surface area contributed by atoms with Gasteiger partial charge in [0.05, 0.1) is 0 Å². The fourth-order valence-corrected chi connectivity index (χ4v) is 0. The van der Waals surface area contributed by atoms with Crippen molar-refractivity contribution in [3.8, 4) is 0 Å². The van der Waals surface area contributed by atoms with Crippen molar-refractivity contribution in [2.24, 2.45) is 0 Å². The Balaban J connectivity index is 3.14. The van der Waals surface area contributed by atoms with Gasteiger partial charge in [-0.3, -0.25) is 0 Å². The first-order valence-corrected chi connectivity index (χ1v) is 1.96. The van der Waals surface area contributed by atoms with Gasteiger partial charge < -0.3 is 0 Å². The fourth-order valence-electron chi connectivity index (χ4n) is 0. The van der Waals surface area contributed by atoms with Crippen LogP contribution < -0.4 is 0 Å². The smallest absolute Gasteiger partial charge is 0.188 e. The van der Waals surface area contributed by atoms with Crippen LogP contribution in [0, 0.1) is 0 Å². The molecule has 0 amide bonds. The van der Waals surface area contributed by atoms with E-state index < -0.39 is 3.83 Å². The Bertz CT molecular complexity index is 45.6. The molecule has 0 aliphatic heterocycles. The van der Waals surface area contributed by atoms with E-state index in [0.29, 0.717) is 0 Å². The average Bonchev–Trinajstić information content (AvgIpc) is 1.38. The summed E-state index contributed by atoms with van der Waals surface area (Å²) in [6.45, 7) is 0. The standard InChI is InChI=1S/C2HF2I/c3-1-2(4)5/h1H. The lowest BCUT2D eigenvalue weighted by atomic mass is 11.2. The maximum atomic E-state index is 10.9. The fraction of sp³-hybridized carbons (Fsp3) is 0. The van der Waals surface area contributed by atoms with Crippen LogP contribution in [0.2, 0.25) is 0 Å². The van der Waals surface area contributed by atoms with E-state index in [-0.39, 0.29) is 6.33 Å². The van der Waals surface area contributed by atoms with Crippen LogP contribution in [0.15, 0.2) is 10.2 Å². The first-order chi connectivity index (χ1) is 2.27. The Labute approximate surface area is 42.0 Å². The predicted octanol–water partition coefficient (Wildman–Crippen LogP) is 2.16. The molecular weight excluding hydrogens is 189 g/mol. The van der Waals surface area contributed by atoms with E-state index in [1.165, 1.54) is 22.6 Å². The minimum atomic E-state index is -0.817. The highest BCUT2D eigenvalue weighted by atomic mass is 127. The van der Waals surface area contributed by atoms with Crippen molar-refractivity contribution < 1.29 is 8.78 Å². The molecule has 0 aromatic heterocycles. The third-order valence-electron chi connectivity index (χ3n) is 0.0825. The van der Waals surface area contributed by atoms with Gasteiger partial charge in [0.25, 0.3) is 0 Å². The summed E-state index contributed by atoms with van der Waals surface area (Å²) in [5.74, 6) is 0. The van der Waals surface area contributed by atoms with Gasteiger partial charge in [-0.05, 0) is 22.6 Å². The Kier molecular flexibility index (Phi) is 2.73. The molecular formula is C2HF2I. The van der Waals surface area contributed by atoms with E-state index in [1.807, 2.05) is 0 Å². The Morgan fingerprint density at radius 1 is 1.80 bits per heavy atom. The van der Waals surface area contributed by atoms with Gasteiger partial charge in [0, 0.05) is 0 Å². The largest absolute Gasteiger partial charge is 0.212 e. The van der Waals surface area contributed by atoms with Crippen molar-refractivity contribution >= 4 is 22.6 Å². The van der Waals surface area contributed by atoms with E-state index in [0.717, 1.165) is 0 Å². The molecule has 0 aliphatic rings. The van der Waals surface area contributed by atoms with Crippen molar-refractivity contribution in [3.05, 3.63) is 10.2 Å². The summed E-state index contributed by atoms with van der Waals surface area (Å²) in [6, 6.07) is 0. The number of rotatable bonds is 0. The zero-order valence-electron chi connectivity index (χ0n) is 2.21. The number of halogens is 3. The molecule has 0 rings (SSSR count). The zero-order chi connectivity index (χ0) is 4.28. The predicted molar refractivity (Wildman–Crippen MR) is 24.3 cm³/mol. The minimum Gasteiger partial charge on any atom is -0.212 e. The molecule has 0 fully saturated rings. The Morgan fingerprint density at radius 3 is 2.00 bits per heavy atom. The lowest BCUT2D eigenvalue weighted by molar-refractivity contribution is 0.638. The van der Waals surface area contributed by atoms with Crippen molar-refractivity contribution in [3.63, 3.8) is 0 Å². The number of hydrogen-bond acceptors (Lipinski definition) is 0. The molecule has 0 nitrogen and oxygen atoms in total. The lowest BCUT2D eigenvalue weighted by Crippen LogP contribution is -1.37. The molecule has 0 atom stereocenters. The quantitative estimate of drug-likeness (QED) is 0.513. The molecule has 5 heavy (non-hydrogen) atoms. The molecule has 0 N–H and O–H groups in total. The number of hydrogen-bond donors (Lipinski definition) is 0. The summed E-state index contributed by atoms with van der Waals surface area (Å²) in [6.07, 6.45) is -0.0967. The Morgan fingerprint density at radius 2 is 2.00 bits per heavy atom. The van der Waals surface area contributed by atoms with Crippen LogP contribution in [-0.2, 0) is 0 Å². The van der Waals surface area contributed by atoms with Crippen LogP contribution in [0.5, 0.6) is 0 Å². The SMILES string of the molecule is FC=C(F)I. The van der Waals surface area contributed by atoms with Gasteiger partial charge in [0.2, 0.25) is 0 Å². The maximum absolute atomic E-state index is 10.9. The van der Waals surface area contributed by atoms with E-state index in [1.54, 1.807) is 0 Å². The first kappa shape index (κ1) is 5.33. The summed E-state index contributed by atoms with van der Waals surface area (Å²) in [5, 5.41) is 0. The molecule has 0 aromatic rings. The molecule has 30 valence electrons. The molecule has 0 saturated carbocycles. The van der Waals surface area contributed by atoms with Crippen molar-refractivity contribution in [1.29, 1.82) is 0 Å². The minimum absolute atomic E-state index is 0.0967. The van der Waals surface area contributed by atoms with Crippen molar-refractivity contribution in [2.45, 2.75) is 0 Å². The monoisotopic (exact) mass is 190 g/mol. The average molecular weight is 190 g/mol. The van der Waals surface area contributed by atoms with Gasteiger partial charge in [-0.15, -0.1) is 0 Å². The molecule has 0 spiro atoms. The van der Waals surface area contributed by atoms with Crippen molar-refractivity contribution in [2.75, 3.05) is 0 Å². The van der Waals surface area contributed by atoms with Gasteiger partial charge >= 0.3 is 0 Å². The van der Waals surface area contributed by atoms with Crippen molar-refractivity contribution in [1.82, 2.24) is 0 Å². The van der Waals surface area contributed by atoms with E-state index >= 15 is 0 Å². The molecule has 3 heteroatoms. The second kappa shape index (κ2) is 2.56. The lowest BCUT2D eigenvalue weighted by Gasteiger charge is -1.62. The molecule has 0 bridgehead atoms. The highest BCUT2D eigenvalue weighted by molar-refractivity contribution is 14.1. The topological polar surface area (TPSA) is 0 Å². The van der Waals surface area contributed by atoms with E-state index in [2.05, 4.69) is 0 Å². The second-order valence-corrected chi connectivity index (χ2v) is 1.43. The normalized spacial score (nSPS) is 12.2. The van der Waals surface area contributed by atoms with Gasteiger partial charge in [-0.1, -0.05) is 0 Å². The summed E-state index contributed by atoms with van der Waals surface area (Å²) in [5.41, 5.74) is 0. The summed E-state index contributed by atoms with van der Waals surface area (Å²) in [7, 11) is 0. The van der Waals surface area contributed by atoms with E-state index in [9.17, 15) is 8.78 Å². The van der Waals surface area contributed by atoms with Gasteiger partial charge in [0.15, 0.2) is 3.83 Å². The van der Waals surface area contributed by atoms with Gasteiger partial charge in [-0.25, -0.2) is 4.39 Å². The van der Waals surface area contributed by atoms with Gasteiger partial charge in [0.1, 0.15) is 6.33 Å². The molecule has 0 aliphatic carbocycles. The van der Waals surface area contributed by atoms with Crippen LogP contribution in [0.4, 0.5) is 8.78 Å². The van der Waals surface area contributed by atoms with Crippen LogP contribution in [0.3, 0.4) is 0 Å². The Hall–Kier alpha value is 0.330. The highest BCUT2D eigenvalue weighted by Crippen LogP contribution is 2.04. The maximum Gasteiger partial charge on any atom is 0.188 e. The third-order valence-corrected chi connectivity index (χ3v) is 0.318. The van der Waals surface area contributed by atoms with E-state index in [4.69, 9.17) is 0 Å². The zero-order valence-corrected chi connectivity index (χ0v) is 4.37. The summed E-state index contributed by atoms with van der Waals surface area (Å²) < 4.78 is 20.7. The summed E-state index contributed by atoms with van der Waals surface area (Å²) >= 11 is 1.23.